The Kier molecular flexibility index (Phi) is 3.49. The van der Waals surface area contributed by atoms with Gasteiger partial charge in [-0.05, 0) is 12.8 Å². The summed E-state index contributed by atoms with van der Waals surface area (Å²) in [6.07, 6.45) is 3.57. The molecule has 72 valence electrons. The van der Waals surface area contributed by atoms with E-state index < -0.39 is 0 Å². The van der Waals surface area contributed by atoms with Gasteiger partial charge >= 0.3 is 0 Å². The van der Waals surface area contributed by atoms with Gasteiger partial charge in [-0.3, -0.25) is 0 Å². The summed E-state index contributed by atoms with van der Waals surface area (Å²) in [6, 6.07) is 1.64. The lowest BCUT2D eigenvalue weighted by atomic mass is 10.2. The molecular weight excluding hydrogens is 166 g/mol. The van der Waals surface area contributed by atoms with E-state index in [-0.39, 0.29) is 6.10 Å². The van der Waals surface area contributed by atoms with Crippen LogP contribution < -0.4 is 10.5 Å². The molecule has 1 aromatic rings. The average Bonchev–Trinajstić information content (AvgIpc) is 2.14. The highest BCUT2D eigenvalue weighted by Gasteiger charge is 2.05. The summed E-state index contributed by atoms with van der Waals surface area (Å²) < 4.78 is 5.56. The maximum atomic E-state index is 5.56. The maximum absolute atomic E-state index is 5.56. The predicted molar refractivity (Wildman–Crippen MR) is 51.4 cm³/mol. The summed E-state index contributed by atoms with van der Waals surface area (Å²) in [6.45, 7) is 4.16. The molecule has 0 saturated heterocycles. The molecule has 0 aliphatic rings. The Morgan fingerprint density at radius 2 is 2.08 bits per heavy atom. The van der Waals surface area contributed by atoms with Gasteiger partial charge in [-0.2, -0.15) is 0 Å². The van der Waals surface area contributed by atoms with E-state index in [4.69, 9.17) is 10.5 Å². The highest BCUT2D eigenvalue weighted by atomic mass is 16.5. The number of nitrogens with two attached hydrogens (primary N) is 1. The zero-order valence-electron chi connectivity index (χ0n) is 8.03. The maximum Gasteiger partial charge on any atom is 0.218 e. The number of ether oxygens (including phenoxy) is 1. The number of aromatic nitrogens is 2. The molecule has 2 N–H and O–H groups in total. The van der Waals surface area contributed by atoms with Crippen molar-refractivity contribution in [3.05, 3.63) is 12.4 Å². The molecule has 4 heteroatoms. The largest absolute Gasteiger partial charge is 0.474 e. The summed E-state index contributed by atoms with van der Waals surface area (Å²) >= 11 is 0. The second kappa shape index (κ2) is 4.64. The van der Waals surface area contributed by atoms with Gasteiger partial charge in [0.2, 0.25) is 5.88 Å². The monoisotopic (exact) mass is 181 g/mol. The molecule has 0 aliphatic carbocycles. The third kappa shape index (κ3) is 2.89. The van der Waals surface area contributed by atoms with Crippen LogP contribution in [0.3, 0.4) is 0 Å². The van der Waals surface area contributed by atoms with Gasteiger partial charge in [-0.1, -0.05) is 13.8 Å². The zero-order valence-corrected chi connectivity index (χ0v) is 8.03. The van der Waals surface area contributed by atoms with Gasteiger partial charge in [-0.15, -0.1) is 0 Å². The van der Waals surface area contributed by atoms with Gasteiger partial charge < -0.3 is 10.5 Å². The van der Waals surface area contributed by atoms with Gasteiger partial charge in [0, 0.05) is 6.07 Å². The average molecular weight is 181 g/mol. The lowest BCUT2D eigenvalue weighted by Gasteiger charge is -2.14. The van der Waals surface area contributed by atoms with Crippen LogP contribution in [0.15, 0.2) is 12.4 Å². The minimum atomic E-state index is 0.217. The van der Waals surface area contributed by atoms with Crippen molar-refractivity contribution in [2.45, 2.75) is 32.8 Å². The molecule has 0 bridgehead atoms. The van der Waals surface area contributed by atoms with E-state index in [9.17, 15) is 0 Å². The molecule has 0 fully saturated rings. The molecule has 0 aromatic carbocycles. The lowest BCUT2D eigenvalue weighted by molar-refractivity contribution is 0.185. The second-order valence-corrected chi connectivity index (χ2v) is 2.84. The number of hydrogen-bond donors (Lipinski definition) is 1. The van der Waals surface area contributed by atoms with Crippen molar-refractivity contribution < 1.29 is 4.74 Å². The Balaban J connectivity index is 2.62. The minimum Gasteiger partial charge on any atom is -0.474 e. The summed E-state index contributed by atoms with van der Waals surface area (Å²) in [5.74, 6) is 0.997. The number of nitrogens with zero attached hydrogens (tertiary/aromatic N) is 2. The Morgan fingerprint density at radius 3 is 2.62 bits per heavy atom. The second-order valence-electron chi connectivity index (χ2n) is 2.84. The highest BCUT2D eigenvalue weighted by molar-refractivity contribution is 5.30. The van der Waals surface area contributed by atoms with Crippen LogP contribution in [0.25, 0.3) is 0 Å². The van der Waals surface area contributed by atoms with Crippen LogP contribution in [-0.2, 0) is 0 Å². The molecule has 13 heavy (non-hydrogen) atoms. The molecule has 0 atom stereocenters. The van der Waals surface area contributed by atoms with Crippen molar-refractivity contribution in [2.75, 3.05) is 5.73 Å². The van der Waals surface area contributed by atoms with Crippen LogP contribution in [0, 0.1) is 0 Å². The Morgan fingerprint density at radius 1 is 1.38 bits per heavy atom. The number of anilines is 1. The standard InChI is InChI=1S/C9H15N3O/c1-3-7(4-2)13-9-5-8(10)11-6-12-9/h5-7H,3-4H2,1-2H3,(H2,10,11,12). The van der Waals surface area contributed by atoms with E-state index >= 15 is 0 Å². The Hall–Kier alpha value is -1.32. The molecule has 0 spiro atoms. The van der Waals surface area contributed by atoms with Crippen molar-refractivity contribution in [1.82, 2.24) is 9.97 Å². The molecule has 0 aliphatic heterocycles. The van der Waals surface area contributed by atoms with Crippen LogP contribution in [0.5, 0.6) is 5.88 Å². The van der Waals surface area contributed by atoms with Crippen LogP contribution in [-0.4, -0.2) is 16.1 Å². The van der Waals surface area contributed by atoms with Crippen molar-refractivity contribution in [3.8, 4) is 5.88 Å². The summed E-state index contributed by atoms with van der Waals surface area (Å²) in [7, 11) is 0. The van der Waals surface area contributed by atoms with E-state index in [1.807, 2.05) is 0 Å². The molecular formula is C9H15N3O. The molecule has 0 radical (unpaired) electrons. The van der Waals surface area contributed by atoms with Gasteiger partial charge in [-0.25, -0.2) is 9.97 Å². The highest BCUT2D eigenvalue weighted by Crippen LogP contribution is 2.12. The summed E-state index contributed by atoms with van der Waals surface area (Å²) in [5.41, 5.74) is 5.49. The fourth-order valence-corrected chi connectivity index (χ4v) is 1.04. The third-order valence-electron chi connectivity index (χ3n) is 1.86. The van der Waals surface area contributed by atoms with E-state index in [0.29, 0.717) is 11.7 Å². The van der Waals surface area contributed by atoms with Gasteiger partial charge in [0.15, 0.2) is 0 Å². The molecule has 0 unspecified atom stereocenters. The van der Waals surface area contributed by atoms with E-state index in [1.54, 1.807) is 6.07 Å². The topological polar surface area (TPSA) is 61.0 Å². The van der Waals surface area contributed by atoms with Gasteiger partial charge in [0.25, 0.3) is 0 Å². The molecule has 1 aromatic heterocycles. The minimum absolute atomic E-state index is 0.217. The SMILES string of the molecule is CCC(CC)Oc1cc(N)ncn1. The number of nitrogen functional groups attached to an aromatic ring is 1. The molecule has 1 heterocycles. The first kappa shape index (κ1) is 9.77. The quantitative estimate of drug-likeness (QED) is 0.766. The molecule has 0 amide bonds. The van der Waals surface area contributed by atoms with Crippen molar-refractivity contribution in [3.63, 3.8) is 0 Å². The van der Waals surface area contributed by atoms with E-state index in [2.05, 4.69) is 23.8 Å². The fourth-order valence-electron chi connectivity index (χ4n) is 1.04. The summed E-state index contributed by atoms with van der Waals surface area (Å²) in [4.78, 5) is 7.75. The predicted octanol–water partition coefficient (Wildman–Crippen LogP) is 1.63. The third-order valence-corrected chi connectivity index (χ3v) is 1.86. The van der Waals surface area contributed by atoms with E-state index in [0.717, 1.165) is 12.8 Å². The van der Waals surface area contributed by atoms with Crippen molar-refractivity contribution in [1.29, 1.82) is 0 Å². The van der Waals surface area contributed by atoms with Gasteiger partial charge in [0.1, 0.15) is 12.1 Å². The Labute approximate surface area is 78.1 Å². The molecule has 1 rings (SSSR count). The van der Waals surface area contributed by atoms with Crippen molar-refractivity contribution in [2.24, 2.45) is 0 Å². The van der Waals surface area contributed by atoms with Crippen LogP contribution in [0.2, 0.25) is 0 Å². The normalized spacial score (nSPS) is 10.4. The fraction of sp³-hybridized carbons (Fsp3) is 0.556. The van der Waals surface area contributed by atoms with Crippen LogP contribution in [0.1, 0.15) is 26.7 Å². The first-order valence-electron chi connectivity index (χ1n) is 4.50. The first-order chi connectivity index (χ1) is 6.26. The molecule has 0 saturated carbocycles. The lowest BCUT2D eigenvalue weighted by Crippen LogP contribution is -2.14. The van der Waals surface area contributed by atoms with Crippen LogP contribution in [0.4, 0.5) is 5.82 Å². The number of rotatable bonds is 4. The van der Waals surface area contributed by atoms with Crippen molar-refractivity contribution >= 4 is 5.82 Å². The molecule has 4 nitrogen and oxygen atoms in total. The zero-order chi connectivity index (χ0) is 9.68. The first-order valence-corrected chi connectivity index (χ1v) is 4.50. The number of hydrogen-bond acceptors (Lipinski definition) is 4. The van der Waals surface area contributed by atoms with Crippen LogP contribution >= 0.6 is 0 Å². The van der Waals surface area contributed by atoms with E-state index in [1.165, 1.54) is 6.33 Å². The summed E-state index contributed by atoms with van der Waals surface area (Å²) in [5, 5.41) is 0. The Bertz CT molecular complexity index is 261. The van der Waals surface area contributed by atoms with Gasteiger partial charge in [0.05, 0.1) is 6.10 Å². The smallest absolute Gasteiger partial charge is 0.218 e.